The number of aromatic nitrogens is 1. The van der Waals surface area contributed by atoms with Crippen molar-refractivity contribution in [3.8, 4) is 0 Å². The van der Waals surface area contributed by atoms with Crippen molar-refractivity contribution in [2.75, 3.05) is 25.6 Å². The van der Waals surface area contributed by atoms with Gasteiger partial charge >= 0.3 is 12.1 Å². The average molecular weight is 446 g/mol. The predicted octanol–water partition coefficient (Wildman–Crippen LogP) is 3.91. The summed E-state index contributed by atoms with van der Waals surface area (Å²) in [6.07, 6.45) is 0.0628. The minimum absolute atomic E-state index is 0.229. The predicted molar refractivity (Wildman–Crippen MR) is 114 cm³/mol. The summed E-state index contributed by atoms with van der Waals surface area (Å²) in [4.78, 5) is 44.1. The Morgan fingerprint density at radius 2 is 2.13 bits per heavy atom. The first-order valence-electron chi connectivity index (χ1n) is 9.31. The van der Waals surface area contributed by atoms with Crippen molar-refractivity contribution in [3.63, 3.8) is 0 Å². The van der Waals surface area contributed by atoms with Gasteiger partial charge in [-0.1, -0.05) is 0 Å². The zero-order valence-electron chi connectivity index (χ0n) is 16.4. The Labute approximate surface area is 180 Å². The lowest BCUT2D eigenvalue weighted by atomic mass is 10.0. The number of nitrogens with one attached hydrogen (secondary N) is 1. The molecule has 3 heterocycles. The van der Waals surface area contributed by atoms with Crippen LogP contribution in [0.3, 0.4) is 0 Å². The molecule has 2 amide bonds. The maximum atomic E-state index is 12.9. The van der Waals surface area contributed by atoms with Crippen molar-refractivity contribution in [1.29, 1.82) is 0 Å². The van der Waals surface area contributed by atoms with Crippen LogP contribution < -0.4 is 5.32 Å². The number of anilines is 1. The lowest BCUT2D eigenvalue weighted by molar-refractivity contribution is 0.0526. The quantitative estimate of drug-likeness (QED) is 0.612. The van der Waals surface area contributed by atoms with Gasteiger partial charge < -0.3 is 19.7 Å². The van der Waals surface area contributed by atoms with E-state index < -0.39 is 12.1 Å². The van der Waals surface area contributed by atoms with Crippen LogP contribution >= 0.6 is 22.7 Å². The number of nitrogens with zero attached hydrogens (tertiary/aromatic N) is 2. The van der Waals surface area contributed by atoms with Crippen LogP contribution in [0.1, 0.15) is 38.1 Å². The van der Waals surface area contributed by atoms with Crippen molar-refractivity contribution < 1.29 is 23.9 Å². The molecule has 0 saturated carbocycles. The van der Waals surface area contributed by atoms with Crippen LogP contribution in [-0.2, 0) is 22.4 Å². The van der Waals surface area contributed by atoms with Crippen LogP contribution in [0.5, 0.6) is 0 Å². The highest BCUT2D eigenvalue weighted by Gasteiger charge is 2.31. The molecule has 0 spiro atoms. The molecule has 156 valence electrons. The van der Waals surface area contributed by atoms with E-state index in [0.29, 0.717) is 35.6 Å². The van der Waals surface area contributed by atoms with Gasteiger partial charge in [0.25, 0.3) is 5.91 Å². The number of ether oxygens (including phenoxy) is 2. The number of thiophene rings is 1. The zero-order valence-corrected chi connectivity index (χ0v) is 18.0. The third-order valence-corrected chi connectivity index (χ3v) is 6.71. The van der Waals surface area contributed by atoms with Crippen LogP contribution in [0, 0.1) is 0 Å². The Bertz CT molecular complexity index is 1140. The van der Waals surface area contributed by atoms with E-state index in [4.69, 9.17) is 9.47 Å². The second kappa shape index (κ2) is 8.41. The Morgan fingerprint density at radius 3 is 2.90 bits per heavy atom. The summed E-state index contributed by atoms with van der Waals surface area (Å²) in [7, 11) is 1.34. The lowest BCUT2D eigenvalue weighted by Gasteiger charge is -2.25. The van der Waals surface area contributed by atoms with Crippen molar-refractivity contribution in [3.05, 3.63) is 45.3 Å². The molecule has 0 bridgehead atoms. The Kier molecular flexibility index (Phi) is 5.69. The third-order valence-electron chi connectivity index (χ3n) is 4.79. The van der Waals surface area contributed by atoms with Crippen LogP contribution in [0.4, 0.5) is 9.80 Å². The van der Waals surface area contributed by atoms with Gasteiger partial charge in [-0.3, -0.25) is 4.79 Å². The molecule has 1 aliphatic heterocycles. The van der Waals surface area contributed by atoms with E-state index in [0.717, 1.165) is 20.7 Å². The van der Waals surface area contributed by atoms with Gasteiger partial charge in [0.05, 0.1) is 41.6 Å². The normalized spacial score (nSPS) is 13.1. The molecular weight excluding hydrogens is 426 g/mol. The number of esters is 1. The molecule has 1 N–H and O–H groups in total. The second-order valence-corrected chi connectivity index (χ2v) is 8.55. The topological polar surface area (TPSA) is 97.8 Å². The Morgan fingerprint density at radius 1 is 1.30 bits per heavy atom. The maximum Gasteiger partial charge on any atom is 0.409 e. The van der Waals surface area contributed by atoms with Crippen LogP contribution in [0.25, 0.3) is 10.2 Å². The standard InChI is InChI=1S/C20H19N3O5S2/c1-3-28-19(25)16-12-6-7-23(20(26)27-2)9-15(12)30-18(16)22-17(24)11-4-5-13-14(8-11)29-10-21-13/h4-5,8,10H,3,6-7,9H2,1-2H3,(H,22,24). The van der Waals surface area contributed by atoms with E-state index in [2.05, 4.69) is 10.3 Å². The molecule has 4 rings (SSSR count). The number of rotatable bonds is 4. The summed E-state index contributed by atoms with van der Waals surface area (Å²) in [5.41, 5.74) is 4.22. The molecule has 0 saturated heterocycles. The lowest BCUT2D eigenvalue weighted by Crippen LogP contribution is -2.35. The molecule has 8 nitrogen and oxygen atoms in total. The van der Waals surface area contributed by atoms with Gasteiger partial charge in [-0.15, -0.1) is 22.7 Å². The minimum atomic E-state index is -0.477. The maximum absolute atomic E-state index is 12.9. The smallest absolute Gasteiger partial charge is 0.409 e. The van der Waals surface area contributed by atoms with Gasteiger partial charge in [0.2, 0.25) is 0 Å². The average Bonchev–Trinajstić information content (AvgIpc) is 3.36. The number of hydrogen-bond acceptors (Lipinski definition) is 8. The third kappa shape index (κ3) is 3.75. The number of carbonyl (C=O) groups is 3. The molecule has 3 aromatic rings. The van der Waals surface area contributed by atoms with Crippen LogP contribution in [-0.4, -0.2) is 48.1 Å². The van der Waals surface area contributed by atoms with E-state index >= 15 is 0 Å². The van der Waals surface area contributed by atoms with Crippen LogP contribution in [0.15, 0.2) is 23.7 Å². The molecule has 0 aliphatic carbocycles. The number of carbonyl (C=O) groups excluding carboxylic acids is 3. The van der Waals surface area contributed by atoms with Crippen molar-refractivity contribution in [1.82, 2.24) is 9.88 Å². The molecule has 30 heavy (non-hydrogen) atoms. The first-order chi connectivity index (χ1) is 14.5. The molecule has 2 aromatic heterocycles. The number of benzene rings is 1. The highest BCUT2D eigenvalue weighted by molar-refractivity contribution is 7.17. The molecule has 0 unspecified atom stereocenters. The number of methoxy groups -OCH3 is 1. The molecule has 0 atom stereocenters. The molecule has 0 fully saturated rings. The highest BCUT2D eigenvalue weighted by Crippen LogP contribution is 2.38. The SMILES string of the molecule is CCOC(=O)c1c(NC(=O)c2ccc3ncsc3c2)sc2c1CCN(C(=O)OC)C2. The van der Waals surface area contributed by atoms with E-state index in [1.165, 1.54) is 29.8 Å². The number of fused-ring (bicyclic) bond motifs is 2. The fraction of sp³-hybridized carbons (Fsp3) is 0.300. The largest absolute Gasteiger partial charge is 0.462 e. The van der Waals surface area contributed by atoms with E-state index in [9.17, 15) is 14.4 Å². The van der Waals surface area contributed by atoms with Gasteiger partial charge in [-0.25, -0.2) is 14.6 Å². The molecule has 1 aromatic carbocycles. The summed E-state index contributed by atoms with van der Waals surface area (Å²) < 4.78 is 10.9. The van der Waals surface area contributed by atoms with Crippen molar-refractivity contribution in [2.45, 2.75) is 19.9 Å². The first-order valence-corrected chi connectivity index (χ1v) is 11.0. The van der Waals surface area contributed by atoms with Gasteiger partial charge in [-0.2, -0.15) is 0 Å². The van der Waals surface area contributed by atoms with E-state index in [1.54, 1.807) is 35.5 Å². The summed E-state index contributed by atoms with van der Waals surface area (Å²) in [5, 5.41) is 3.30. The van der Waals surface area contributed by atoms with Gasteiger partial charge in [0.15, 0.2) is 0 Å². The summed E-state index contributed by atoms with van der Waals surface area (Å²) in [6, 6.07) is 5.27. The Hall–Kier alpha value is -2.98. The highest BCUT2D eigenvalue weighted by atomic mass is 32.1. The first kappa shape index (κ1) is 20.3. The molecule has 10 heteroatoms. The monoisotopic (exact) mass is 445 g/mol. The van der Waals surface area contributed by atoms with Crippen molar-refractivity contribution in [2.24, 2.45) is 0 Å². The minimum Gasteiger partial charge on any atom is -0.462 e. The zero-order chi connectivity index (χ0) is 21.3. The second-order valence-electron chi connectivity index (χ2n) is 6.56. The summed E-state index contributed by atoms with van der Waals surface area (Å²) >= 11 is 2.74. The fourth-order valence-electron chi connectivity index (χ4n) is 3.37. The van der Waals surface area contributed by atoms with Crippen molar-refractivity contribution >= 4 is 55.9 Å². The molecule has 0 radical (unpaired) electrons. The molecule has 1 aliphatic rings. The number of thiazole rings is 1. The fourth-order valence-corrected chi connectivity index (χ4v) is 5.33. The van der Waals surface area contributed by atoms with E-state index in [1.807, 2.05) is 0 Å². The molecular formula is C20H19N3O5S2. The Balaban J connectivity index is 1.66. The van der Waals surface area contributed by atoms with Gasteiger partial charge in [0, 0.05) is 17.0 Å². The number of amides is 2. The van der Waals surface area contributed by atoms with Crippen LogP contribution in [0.2, 0.25) is 0 Å². The number of hydrogen-bond donors (Lipinski definition) is 1. The summed E-state index contributed by atoms with van der Waals surface area (Å²) in [5.74, 6) is -0.797. The van der Waals surface area contributed by atoms with E-state index in [-0.39, 0.29) is 12.5 Å². The van der Waals surface area contributed by atoms with Gasteiger partial charge in [0.1, 0.15) is 5.00 Å². The van der Waals surface area contributed by atoms with Gasteiger partial charge in [-0.05, 0) is 37.1 Å². The summed E-state index contributed by atoms with van der Waals surface area (Å²) in [6.45, 7) is 2.71.